The van der Waals surface area contributed by atoms with Gasteiger partial charge in [0.2, 0.25) is 0 Å². The van der Waals surface area contributed by atoms with Gasteiger partial charge >= 0.3 is 0 Å². The van der Waals surface area contributed by atoms with Gasteiger partial charge in [0, 0.05) is 5.92 Å². The molecule has 104 valence electrons. The molecule has 1 aromatic carbocycles. The topological polar surface area (TPSA) is 17.1 Å². The normalized spacial score (nSPS) is 23.6. The van der Waals surface area contributed by atoms with E-state index in [4.69, 9.17) is 0 Å². The third kappa shape index (κ3) is 3.02. The molecule has 0 saturated heterocycles. The van der Waals surface area contributed by atoms with E-state index in [1.165, 1.54) is 6.07 Å². The van der Waals surface area contributed by atoms with Gasteiger partial charge in [-0.25, -0.2) is 8.78 Å². The van der Waals surface area contributed by atoms with Gasteiger partial charge in [-0.1, -0.05) is 19.9 Å². The van der Waals surface area contributed by atoms with Crippen molar-refractivity contribution in [3.63, 3.8) is 0 Å². The fraction of sp³-hybridized carbons (Fsp3) is 0.562. The van der Waals surface area contributed by atoms with Gasteiger partial charge < -0.3 is 0 Å². The molecule has 0 spiro atoms. The Hall–Kier alpha value is -1.25. The first-order valence-corrected chi connectivity index (χ1v) is 6.99. The highest BCUT2D eigenvalue weighted by atomic mass is 19.1. The number of hydrogen-bond donors (Lipinski definition) is 0. The Morgan fingerprint density at radius 1 is 1.11 bits per heavy atom. The molecule has 0 aromatic heterocycles. The zero-order valence-corrected chi connectivity index (χ0v) is 11.5. The highest BCUT2D eigenvalue weighted by molar-refractivity contribution is 5.98. The average molecular weight is 266 g/mol. The summed E-state index contributed by atoms with van der Waals surface area (Å²) in [5.74, 6) is -0.818. The lowest BCUT2D eigenvalue weighted by Crippen LogP contribution is -2.25. The van der Waals surface area contributed by atoms with Crippen LogP contribution in [0.3, 0.4) is 0 Å². The zero-order chi connectivity index (χ0) is 14.0. The number of benzene rings is 1. The first-order valence-electron chi connectivity index (χ1n) is 6.99. The summed E-state index contributed by atoms with van der Waals surface area (Å²) in [6.45, 7) is 4.37. The molecule has 3 heteroatoms. The van der Waals surface area contributed by atoms with E-state index in [1.54, 1.807) is 0 Å². The Bertz CT molecular complexity index is 440. The molecule has 0 atom stereocenters. The van der Waals surface area contributed by atoms with Crippen molar-refractivity contribution in [1.82, 2.24) is 0 Å². The van der Waals surface area contributed by atoms with Gasteiger partial charge in [0.1, 0.15) is 11.6 Å². The number of Topliss-reactive ketones (excluding diaryl/α,β-unsaturated/α-hetero) is 1. The molecule has 1 fully saturated rings. The lowest BCUT2D eigenvalue weighted by atomic mass is 9.74. The minimum atomic E-state index is -0.740. The fourth-order valence-corrected chi connectivity index (χ4v) is 2.99. The minimum absolute atomic E-state index is 0.221. The Labute approximate surface area is 113 Å². The van der Waals surface area contributed by atoms with Crippen molar-refractivity contribution < 1.29 is 13.6 Å². The van der Waals surface area contributed by atoms with Crippen LogP contribution in [0.15, 0.2) is 18.2 Å². The van der Waals surface area contributed by atoms with Crippen LogP contribution in [0.2, 0.25) is 0 Å². The number of carbonyl (C=O) groups is 1. The van der Waals surface area contributed by atoms with Gasteiger partial charge in [-0.15, -0.1) is 0 Å². The van der Waals surface area contributed by atoms with E-state index < -0.39 is 11.6 Å². The molecule has 1 aliphatic carbocycles. The van der Waals surface area contributed by atoms with Crippen LogP contribution in [0.1, 0.15) is 49.9 Å². The van der Waals surface area contributed by atoms with E-state index >= 15 is 0 Å². The second-order valence-electron chi connectivity index (χ2n) is 5.82. The van der Waals surface area contributed by atoms with Crippen LogP contribution < -0.4 is 0 Å². The molecule has 19 heavy (non-hydrogen) atoms. The number of halogens is 2. The zero-order valence-electron chi connectivity index (χ0n) is 11.5. The van der Waals surface area contributed by atoms with Crippen molar-refractivity contribution in [2.75, 3.05) is 0 Å². The molecule has 0 aliphatic heterocycles. The molecule has 0 N–H and O–H groups in total. The smallest absolute Gasteiger partial charge is 0.171 e. The molecule has 1 saturated carbocycles. The van der Waals surface area contributed by atoms with Crippen molar-refractivity contribution in [3.05, 3.63) is 35.4 Å². The van der Waals surface area contributed by atoms with Crippen molar-refractivity contribution in [3.8, 4) is 0 Å². The first-order chi connectivity index (χ1) is 9.00. The summed E-state index contributed by atoms with van der Waals surface area (Å²) in [6.07, 6.45) is 3.44. The number of hydrogen-bond acceptors (Lipinski definition) is 1. The summed E-state index contributed by atoms with van der Waals surface area (Å²) in [6, 6.07) is 3.59. The van der Waals surface area contributed by atoms with E-state index in [1.807, 2.05) is 0 Å². The van der Waals surface area contributed by atoms with E-state index in [0.717, 1.165) is 37.8 Å². The van der Waals surface area contributed by atoms with Gasteiger partial charge in [0.15, 0.2) is 5.78 Å². The number of ketones is 1. The van der Waals surface area contributed by atoms with Crippen LogP contribution in [0.25, 0.3) is 0 Å². The van der Waals surface area contributed by atoms with Gasteiger partial charge in [-0.05, 0) is 49.7 Å². The highest BCUT2D eigenvalue weighted by Gasteiger charge is 2.30. The van der Waals surface area contributed by atoms with Crippen LogP contribution >= 0.6 is 0 Å². The minimum Gasteiger partial charge on any atom is -0.294 e. The number of carbonyl (C=O) groups excluding carboxylic acids is 1. The van der Waals surface area contributed by atoms with Gasteiger partial charge in [-0.2, -0.15) is 0 Å². The molecule has 1 aromatic rings. The maximum atomic E-state index is 13.6. The Morgan fingerprint density at radius 3 is 2.11 bits per heavy atom. The molecule has 0 radical (unpaired) electrons. The molecular weight excluding hydrogens is 246 g/mol. The van der Waals surface area contributed by atoms with Gasteiger partial charge in [0.25, 0.3) is 0 Å². The highest BCUT2D eigenvalue weighted by Crippen LogP contribution is 2.35. The summed E-state index contributed by atoms with van der Waals surface area (Å²) in [7, 11) is 0. The van der Waals surface area contributed by atoms with Crippen LogP contribution in [0.5, 0.6) is 0 Å². The summed E-state index contributed by atoms with van der Waals surface area (Å²) >= 11 is 0. The quantitative estimate of drug-likeness (QED) is 0.730. The van der Waals surface area contributed by atoms with E-state index in [9.17, 15) is 13.6 Å². The molecule has 0 bridgehead atoms. The second kappa shape index (κ2) is 5.81. The third-order valence-electron chi connectivity index (χ3n) is 4.29. The summed E-state index contributed by atoms with van der Waals surface area (Å²) < 4.78 is 27.2. The Balaban J connectivity index is 2.10. The number of rotatable bonds is 3. The lowest BCUT2D eigenvalue weighted by molar-refractivity contribution is 0.0850. The molecule has 1 nitrogen and oxygen atoms in total. The van der Waals surface area contributed by atoms with Crippen molar-refractivity contribution >= 4 is 5.78 Å². The average Bonchev–Trinajstić information content (AvgIpc) is 2.38. The molecule has 0 heterocycles. The van der Waals surface area contributed by atoms with Gasteiger partial charge in [-0.3, -0.25) is 4.79 Å². The fourth-order valence-electron chi connectivity index (χ4n) is 2.99. The monoisotopic (exact) mass is 266 g/mol. The molecule has 2 rings (SSSR count). The predicted octanol–water partition coefficient (Wildman–Crippen LogP) is 4.61. The lowest BCUT2D eigenvalue weighted by Gasteiger charge is -2.30. The standard InChI is InChI=1S/C16H20F2O/c1-10(2)11-6-8-12(9-7-11)16(19)15-13(17)4-3-5-14(15)18/h3-5,10-12H,6-9H2,1-2H3. The molecule has 1 aliphatic rings. The molecule has 0 unspecified atom stereocenters. The van der Waals surface area contributed by atoms with Crippen LogP contribution in [0.4, 0.5) is 8.78 Å². The third-order valence-corrected chi connectivity index (χ3v) is 4.29. The van der Waals surface area contributed by atoms with E-state index in [0.29, 0.717) is 11.8 Å². The van der Waals surface area contributed by atoms with Crippen LogP contribution in [-0.2, 0) is 0 Å². The summed E-state index contributed by atoms with van der Waals surface area (Å²) in [4.78, 5) is 12.2. The largest absolute Gasteiger partial charge is 0.294 e. The summed E-state index contributed by atoms with van der Waals surface area (Å²) in [5.41, 5.74) is -0.351. The Kier molecular flexibility index (Phi) is 4.33. The molecule has 0 amide bonds. The van der Waals surface area contributed by atoms with Crippen molar-refractivity contribution in [1.29, 1.82) is 0 Å². The maximum absolute atomic E-state index is 13.6. The van der Waals surface area contributed by atoms with Crippen LogP contribution in [-0.4, -0.2) is 5.78 Å². The van der Waals surface area contributed by atoms with Gasteiger partial charge in [0.05, 0.1) is 5.56 Å². The van der Waals surface area contributed by atoms with E-state index in [2.05, 4.69) is 13.8 Å². The van der Waals surface area contributed by atoms with Crippen LogP contribution in [0, 0.1) is 29.4 Å². The van der Waals surface area contributed by atoms with E-state index in [-0.39, 0.29) is 17.3 Å². The Morgan fingerprint density at radius 2 is 1.63 bits per heavy atom. The summed E-state index contributed by atoms with van der Waals surface area (Å²) in [5, 5.41) is 0. The second-order valence-corrected chi connectivity index (χ2v) is 5.82. The molecular formula is C16H20F2O. The van der Waals surface area contributed by atoms with Crippen molar-refractivity contribution in [2.24, 2.45) is 17.8 Å². The first kappa shape index (κ1) is 14.2. The SMILES string of the molecule is CC(C)C1CCC(C(=O)c2c(F)cccc2F)CC1. The maximum Gasteiger partial charge on any atom is 0.171 e. The predicted molar refractivity (Wildman–Crippen MR) is 71.0 cm³/mol. The van der Waals surface area contributed by atoms with Crippen molar-refractivity contribution in [2.45, 2.75) is 39.5 Å².